The molecule has 0 N–H and O–H groups in total. The summed E-state index contributed by atoms with van der Waals surface area (Å²) < 4.78 is 15.1. The molecule has 1 heterocycles. The Morgan fingerprint density at radius 1 is 0.933 bits per heavy atom. The van der Waals surface area contributed by atoms with E-state index in [1.165, 1.54) is 6.92 Å². The molecule has 1 saturated heterocycles. The van der Waals surface area contributed by atoms with Crippen molar-refractivity contribution in [2.24, 2.45) is 0 Å². The Labute approximate surface area is 172 Å². The highest BCUT2D eigenvalue weighted by Gasteiger charge is 2.34. The largest absolute Gasteiger partial charge is 0.537 e. The molecule has 0 saturated carbocycles. The number of benzene rings is 2. The molecule has 158 valence electrons. The molecule has 2 amide bonds. The lowest BCUT2D eigenvalue weighted by Gasteiger charge is -2.18. The van der Waals surface area contributed by atoms with Crippen molar-refractivity contribution in [3.63, 3.8) is 0 Å². The fraction of sp³-hybridized carbons (Fsp3) is 0.333. The Hall–Kier alpha value is -3.62. The molecule has 0 spiro atoms. The van der Waals surface area contributed by atoms with Gasteiger partial charge in [-0.3, -0.25) is 19.2 Å². The summed E-state index contributed by atoms with van der Waals surface area (Å²) in [6.45, 7) is 2.99. The van der Waals surface area contributed by atoms with Gasteiger partial charge in [-0.1, -0.05) is 29.3 Å². The Morgan fingerprint density at radius 3 is 2.23 bits per heavy atom. The lowest BCUT2D eigenvalue weighted by molar-refractivity contribution is -0.191. The second kappa shape index (κ2) is 8.81. The first-order valence-corrected chi connectivity index (χ1v) is 9.31. The summed E-state index contributed by atoms with van der Waals surface area (Å²) in [5, 5.41) is 2.24. The number of amides is 2. The van der Waals surface area contributed by atoms with E-state index in [1.807, 2.05) is 30.3 Å². The van der Waals surface area contributed by atoms with Gasteiger partial charge in [0.1, 0.15) is 5.75 Å². The minimum atomic E-state index is -1.31. The van der Waals surface area contributed by atoms with Crippen LogP contribution in [-0.4, -0.2) is 42.4 Å². The smallest absolute Gasteiger partial charge is 0.497 e. The highest BCUT2D eigenvalue weighted by Crippen LogP contribution is 2.26. The van der Waals surface area contributed by atoms with E-state index in [9.17, 15) is 19.2 Å². The lowest BCUT2D eigenvalue weighted by Crippen LogP contribution is -2.34. The molecule has 0 unspecified atom stereocenters. The fourth-order valence-corrected chi connectivity index (χ4v) is 2.95. The number of imide groups is 1. The van der Waals surface area contributed by atoms with E-state index in [-0.39, 0.29) is 12.8 Å². The van der Waals surface area contributed by atoms with Gasteiger partial charge in [-0.05, 0) is 35.4 Å². The van der Waals surface area contributed by atoms with Crippen LogP contribution in [0.1, 0.15) is 38.2 Å². The summed E-state index contributed by atoms with van der Waals surface area (Å²) >= 11 is 0. The van der Waals surface area contributed by atoms with E-state index in [4.69, 9.17) is 14.2 Å². The Kier molecular flexibility index (Phi) is 6.20. The van der Waals surface area contributed by atoms with E-state index in [0.717, 1.165) is 22.1 Å². The lowest BCUT2D eigenvalue weighted by atomic mass is 9.98. The average molecular weight is 415 g/mol. The number of hydrogen-bond donors (Lipinski definition) is 0. The number of hydrogen-bond acceptors (Lipinski definition) is 8. The van der Waals surface area contributed by atoms with Gasteiger partial charge >= 0.3 is 12.1 Å². The van der Waals surface area contributed by atoms with Crippen LogP contribution in [0.15, 0.2) is 36.4 Å². The van der Waals surface area contributed by atoms with Crippen LogP contribution in [0.4, 0.5) is 4.79 Å². The summed E-state index contributed by atoms with van der Waals surface area (Å²) in [5.41, 5.74) is 0.723. The van der Waals surface area contributed by atoms with Crippen molar-refractivity contribution in [1.29, 1.82) is 0 Å². The average Bonchev–Trinajstić information content (AvgIpc) is 3.04. The summed E-state index contributed by atoms with van der Waals surface area (Å²) in [6.07, 6.45) is -2.66. The molecule has 9 nitrogen and oxygen atoms in total. The minimum absolute atomic E-state index is 0.0350. The minimum Gasteiger partial charge on any atom is -0.497 e. The number of rotatable bonds is 6. The van der Waals surface area contributed by atoms with Crippen molar-refractivity contribution < 1.29 is 38.2 Å². The van der Waals surface area contributed by atoms with Gasteiger partial charge < -0.3 is 14.2 Å². The molecular weight excluding hydrogens is 394 g/mol. The van der Waals surface area contributed by atoms with Crippen molar-refractivity contribution in [2.75, 3.05) is 7.11 Å². The van der Waals surface area contributed by atoms with E-state index in [2.05, 4.69) is 4.84 Å². The van der Waals surface area contributed by atoms with Crippen LogP contribution in [0.5, 0.6) is 5.75 Å². The Balaban J connectivity index is 1.58. The highest BCUT2D eigenvalue weighted by molar-refractivity contribution is 6.01. The molecule has 2 atom stereocenters. The maximum Gasteiger partial charge on any atom is 0.537 e. The normalized spacial score (nSPS) is 15.6. The van der Waals surface area contributed by atoms with Crippen LogP contribution in [0, 0.1) is 0 Å². The number of carbonyl (C=O) groups is 4. The van der Waals surface area contributed by atoms with E-state index in [0.29, 0.717) is 5.06 Å². The Morgan fingerprint density at radius 2 is 1.57 bits per heavy atom. The third kappa shape index (κ3) is 4.68. The SMILES string of the molecule is COc1ccc2cc([C@H](C)C(=O)O[C@H](C)OC(=O)ON3C(=O)CCC3=O)ccc2c1. The third-order valence-corrected chi connectivity index (χ3v) is 4.64. The summed E-state index contributed by atoms with van der Waals surface area (Å²) in [5.74, 6) is -1.78. The molecule has 1 aliphatic heterocycles. The van der Waals surface area contributed by atoms with Crippen molar-refractivity contribution >= 4 is 34.7 Å². The molecule has 9 heteroatoms. The van der Waals surface area contributed by atoms with Gasteiger partial charge in [-0.15, -0.1) is 0 Å². The first-order valence-electron chi connectivity index (χ1n) is 9.31. The maximum atomic E-state index is 12.4. The summed E-state index contributed by atoms with van der Waals surface area (Å²) in [6, 6.07) is 11.1. The fourth-order valence-electron chi connectivity index (χ4n) is 2.95. The highest BCUT2D eigenvalue weighted by atomic mass is 16.9. The van der Waals surface area contributed by atoms with Crippen LogP contribution in [0.25, 0.3) is 10.8 Å². The molecule has 0 aromatic heterocycles. The number of methoxy groups -OCH3 is 1. The molecule has 1 fully saturated rings. The number of fused-ring (bicyclic) bond motifs is 1. The number of carbonyl (C=O) groups excluding carboxylic acids is 4. The van der Waals surface area contributed by atoms with Crippen LogP contribution in [-0.2, 0) is 28.7 Å². The predicted octanol–water partition coefficient (Wildman–Crippen LogP) is 3.06. The quantitative estimate of drug-likeness (QED) is 0.402. The monoisotopic (exact) mass is 415 g/mol. The van der Waals surface area contributed by atoms with Gasteiger partial charge in [0.2, 0.25) is 6.29 Å². The van der Waals surface area contributed by atoms with Crippen LogP contribution in [0.3, 0.4) is 0 Å². The molecule has 2 aromatic carbocycles. The first kappa shape index (κ1) is 21.1. The van der Waals surface area contributed by atoms with Gasteiger partial charge in [0.25, 0.3) is 11.8 Å². The van der Waals surface area contributed by atoms with E-state index < -0.39 is 36.1 Å². The van der Waals surface area contributed by atoms with Crippen LogP contribution >= 0.6 is 0 Å². The van der Waals surface area contributed by atoms with Gasteiger partial charge in [0, 0.05) is 19.8 Å². The van der Waals surface area contributed by atoms with Gasteiger partial charge in [-0.2, -0.15) is 0 Å². The van der Waals surface area contributed by atoms with Crippen molar-refractivity contribution in [3.05, 3.63) is 42.0 Å². The van der Waals surface area contributed by atoms with E-state index in [1.54, 1.807) is 20.1 Å². The van der Waals surface area contributed by atoms with Gasteiger partial charge in [-0.25, -0.2) is 4.79 Å². The van der Waals surface area contributed by atoms with Gasteiger partial charge in [0.15, 0.2) is 0 Å². The molecule has 0 aliphatic carbocycles. The third-order valence-electron chi connectivity index (χ3n) is 4.64. The molecule has 2 aromatic rings. The summed E-state index contributed by atoms with van der Waals surface area (Å²) in [4.78, 5) is 51.6. The maximum absolute atomic E-state index is 12.4. The zero-order chi connectivity index (χ0) is 21.8. The molecule has 1 aliphatic rings. The molecule has 30 heavy (non-hydrogen) atoms. The number of ether oxygens (including phenoxy) is 3. The van der Waals surface area contributed by atoms with Crippen molar-refractivity contribution in [2.45, 2.75) is 38.9 Å². The second-order valence-electron chi connectivity index (χ2n) is 6.74. The predicted molar refractivity (Wildman–Crippen MR) is 103 cm³/mol. The topological polar surface area (TPSA) is 108 Å². The zero-order valence-corrected chi connectivity index (χ0v) is 16.7. The standard InChI is InChI=1S/C21H21NO8/c1-12(14-4-5-16-11-17(27-3)7-6-15(16)10-14)20(25)28-13(2)29-21(26)30-22-18(23)8-9-19(22)24/h4-7,10-13H,8-9H2,1-3H3/t12-,13-/m0/s1. The first-order chi connectivity index (χ1) is 14.3. The van der Waals surface area contributed by atoms with Crippen LogP contribution < -0.4 is 4.74 Å². The zero-order valence-electron chi connectivity index (χ0n) is 16.7. The molecule has 0 radical (unpaired) electrons. The Bertz CT molecular complexity index is 986. The summed E-state index contributed by atoms with van der Waals surface area (Å²) in [7, 11) is 1.59. The second-order valence-corrected chi connectivity index (χ2v) is 6.74. The van der Waals surface area contributed by atoms with Crippen LogP contribution in [0.2, 0.25) is 0 Å². The van der Waals surface area contributed by atoms with Gasteiger partial charge in [0.05, 0.1) is 13.0 Å². The van der Waals surface area contributed by atoms with Crippen molar-refractivity contribution in [3.8, 4) is 5.75 Å². The molecular formula is C21H21NO8. The molecule has 3 rings (SSSR count). The molecule has 0 bridgehead atoms. The van der Waals surface area contributed by atoms with E-state index >= 15 is 0 Å². The number of nitrogens with zero attached hydrogens (tertiary/aromatic N) is 1. The number of hydroxylamine groups is 2. The van der Waals surface area contributed by atoms with Crippen molar-refractivity contribution in [1.82, 2.24) is 5.06 Å². The number of esters is 1.